The zero-order valence-electron chi connectivity index (χ0n) is 14.4. The number of amides is 3. The Labute approximate surface area is 150 Å². The molecule has 1 saturated carbocycles. The van der Waals surface area contributed by atoms with Gasteiger partial charge in [-0.1, -0.05) is 37.5 Å². The van der Waals surface area contributed by atoms with E-state index in [1.54, 1.807) is 12.1 Å². The quantitative estimate of drug-likeness (QED) is 0.695. The van der Waals surface area contributed by atoms with E-state index in [9.17, 15) is 22.8 Å². The Bertz CT molecular complexity index is 634. The first kappa shape index (κ1) is 20.2. The highest BCUT2D eigenvalue weighted by atomic mass is 19.4. The van der Waals surface area contributed by atoms with Gasteiger partial charge >= 0.3 is 12.2 Å². The van der Waals surface area contributed by atoms with Crippen LogP contribution in [0.25, 0.3) is 0 Å². The second kappa shape index (κ2) is 9.02. The molecule has 1 aromatic carbocycles. The third-order valence-electron chi connectivity index (χ3n) is 4.70. The highest BCUT2D eigenvalue weighted by molar-refractivity contribution is 5.93. The molecule has 1 aliphatic rings. The van der Waals surface area contributed by atoms with E-state index in [4.69, 9.17) is 5.73 Å². The summed E-state index contributed by atoms with van der Waals surface area (Å²) in [6.45, 7) is 0.272. The smallest absolute Gasteiger partial charge is 0.351 e. The topological polar surface area (TPSA) is 84.2 Å². The van der Waals surface area contributed by atoms with Crippen molar-refractivity contribution in [1.82, 2.24) is 10.6 Å². The number of nitrogens with one attached hydrogen (secondary N) is 2. The van der Waals surface area contributed by atoms with Gasteiger partial charge in [0.05, 0.1) is 5.56 Å². The van der Waals surface area contributed by atoms with Crippen molar-refractivity contribution >= 4 is 11.9 Å². The summed E-state index contributed by atoms with van der Waals surface area (Å²) in [5, 5.41) is 5.19. The molecule has 0 spiro atoms. The van der Waals surface area contributed by atoms with Crippen LogP contribution in [0.4, 0.5) is 18.0 Å². The maximum atomic E-state index is 13.4. The number of carbonyl (C=O) groups is 2. The number of primary amides is 1. The van der Waals surface area contributed by atoms with Crippen LogP contribution in [0.3, 0.4) is 0 Å². The predicted molar refractivity (Wildman–Crippen MR) is 91.4 cm³/mol. The normalized spacial score (nSPS) is 21.0. The number of benzene rings is 1. The molecule has 0 saturated heterocycles. The predicted octanol–water partition coefficient (Wildman–Crippen LogP) is 3.30. The Hall–Kier alpha value is -2.09. The fourth-order valence-corrected chi connectivity index (χ4v) is 3.57. The fourth-order valence-electron chi connectivity index (χ4n) is 3.57. The van der Waals surface area contributed by atoms with Crippen LogP contribution >= 0.6 is 0 Å². The first-order valence-electron chi connectivity index (χ1n) is 8.78. The second-order valence-electron chi connectivity index (χ2n) is 6.55. The number of urea groups is 1. The molecule has 2 rings (SSSR count). The molecule has 0 bridgehead atoms. The van der Waals surface area contributed by atoms with Crippen molar-refractivity contribution in [3.8, 4) is 0 Å². The van der Waals surface area contributed by atoms with Gasteiger partial charge in [-0.3, -0.25) is 10.1 Å². The minimum atomic E-state index is -4.39. The van der Waals surface area contributed by atoms with Crippen LogP contribution in [0.1, 0.15) is 55.6 Å². The first-order chi connectivity index (χ1) is 12.3. The lowest BCUT2D eigenvalue weighted by atomic mass is 9.84. The van der Waals surface area contributed by atoms with E-state index in [0.29, 0.717) is 12.0 Å². The molecular weight excluding hydrogens is 347 g/mol. The lowest BCUT2D eigenvalue weighted by Gasteiger charge is -2.29. The molecule has 0 aromatic heterocycles. The molecule has 0 heterocycles. The van der Waals surface area contributed by atoms with Gasteiger partial charge in [0.15, 0.2) is 0 Å². The molecule has 26 heavy (non-hydrogen) atoms. The molecule has 5 nitrogen and oxygen atoms in total. The monoisotopic (exact) mass is 371 g/mol. The van der Waals surface area contributed by atoms with E-state index in [0.717, 1.165) is 31.7 Å². The summed E-state index contributed by atoms with van der Waals surface area (Å²) in [5.41, 5.74) is 4.60. The average molecular weight is 371 g/mol. The van der Waals surface area contributed by atoms with Gasteiger partial charge in [-0.25, -0.2) is 4.79 Å². The molecule has 0 aliphatic heterocycles. The number of alkyl halides is 3. The summed E-state index contributed by atoms with van der Waals surface area (Å²) in [6, 6.07) is 4.64. The molecule has 3 amide bonds. The van der Waals surface area contributed by atoms with E-state index in [2.05, 4.69) is 5.32 Å². The van der Waals surface area contributed by atoms with Gasteiger partial charge in [0.2, 0.25) is 5.91 Å². The van der Waals surface area contributed by atoms with E-state index >= 15 is 0 Å². The summed E-state index contributed by atoms with van der Waals surface area (Å²) < 4.78 is 40.2. The van der Waals surface area contributed by atoms with E-state index < -0.39 is 23.7 Å². The van der Waals surface area contributed by atoms with E-state index in [-0.39, 0.29) is 24.9 Å². The number of carbonyl (C=O) groups excluding carboxylic acids is 2. The molecule has 4 N–H and O–H groups in total. The van der Waals surface area contributed by atoms with Crippen molar-refractivity contribution in [3.63, 3.8) is 0 Å². The SMILES string of the molecule is NC(=O)NC(=O)CCNC1CCCCCC1c1ccccc1C(F)(F)F. The van der Waals surface area contributed by atoms with Crippen LogP contribution < -0.4 is 16.4 Å². The standard InChI is InChI=1S/C18H24F3N3O2/c19-18(20,21)14-8-5-4-6-12(14)13-7-2-1-3-9-15(13)23-11-10-16(25)24-17(22)26/h4-6,8,13,15,23H,1-3,7,9-11H2,(H3,22,24,25,26). The van der Waals surface area contributed by atoms with Gasteiger partial charge < -0.3 is 11.1 Å². The van der Waals surface area contributed by atoms with Crippen LogP contribution in [0, 0.1) is 0 Å². The third-order valence-corrected chi connectivity index (χ3v) is 4.70. The highest BCUT2D eigenvalue weighted by Crippen LogP contribution is 2.40. The summed E-state index contributed by atoms with van der Waals surface area (Å²) in [5.74, 6) is -0.777. The fraction of sp³-hybridized carbons (Fsp3) is 0.556. The zero-order valence-corrected chi connectivity index (χ0v) is 14.4. The van der Waals surface area contributed by atoms with Crippen molar-refractivity contribution < 1.29 is 22.8 Å². The van der Waals surface area contributed by atoms with Crippen LogP contribution in [0.15, 0.2) is 24.3 Å². The lowest BCUT2D eigenvalue weighted by Crippen LogP contribution is -2.40. The zero-order chi connectivity index (χ0) is 19.2. The largest absolute Gasteiger partial charge is 0.416 e. The molecule has 2 unspecified atom stereocenters. The number of nitrogens with two attached hydrogens (primary N) is 1. The molecule has 1 aromatic rings. The van der Waals surface area contributed by atoms with Crippen LogP contribution in [0.5, 0.6) is 0 Å². The van der Waals surface area contributed by atoms with Gasteiger partial charge in [-0.15, -0.1) is 0 Å². The molecule has 144 valence electrons. The summed E-state index contributed by atoms with van der Waals surface area (Å²) in [4.78, 5) is 22.2. The van der Waals surface area contributed by atoms with Crippen LogP contribution in [0.2, 0.25) is 0 Å². The second-order valence-corrected chi connectivity index (χ2v) is 6.55. The summed E-state index contributed by atoms with van der Waals surface area (Å²) in [6.07, 6.45) is -0.174. The summed E-state index contributed by atoms with van der Waals surface area (Å²) >= 11 is 0. The molecule has 2 atom stereocenters. The number of halogens is 3. The minimum Gasteiger partial charge on any atom is -0.351 e. The highest BCUT2D eigenvalue weighted by Gasteiger charge is 2.37. The van der Waals surface area contributed by atoms with Crippen molar-refractivity contribution in [2.45, 2.75) is 56.7 Å². The third kappa shape index (κ3) is 5.72. The van der Waals surface area contributed by atoms with Crippen LogP contribution in [-0.4, -0.2) is 24.5 Å². The Morgan fingerprint density at radius 1 is 1.12 bits per heavy atom. The Kier molecular flexibility index (Phi) is 7.02. The Balaban J connectivity index is 2.12. The Morgan fingerprint density at radius 2 is 1.81 bits per heavy atom. The molecule has 0 radical (unpaired) electrons. The maximum Gasteiger partial charge on any atom is 0.416 e. The van der Waals surface area contributed by atoms with Gasteiger partial charge in [-0.2, -0.15) is 13.2 Å². The lowest BCUT2D eigenvalue weighted by molar-refractivity contribution is -0.138. The first-order valence-corrected chi connectivity index (χ1v) is 8.78. The van der Waals surface area contributed by atoms with E-state index in [1.807, 2.05) is 5.32 Å². The molecular formula is C18H24F3N3O2. The summed E-state index contributed by atoms with van der Waals surface area (Å²) in [7, 11) is 0. The Morgan fingerprint density at radius 3 is 2.50 bits per heavy atom. The van der Waals surface area contributed by atoms with Gasteiger partial charge in [0.25, 0.3) is 0 Å². The number of rotatable bonds is 5. The molecule has 1 fully saturated rings. The average Bonchev–Trinajstić information content (AvgIpc) is 2.79. The van der Waals surface area contributed by atoms with E-state index in [1.165, 1.54) is 6.07 Å². The number of imide groups is 1. The van der Waals surface area contributed by atoms with Crippen molar-refractivity contribution in [1.29, 1.82) is 0 Å². The maximum absolute atomic E-state index is 13.4. The number of hydrogen-bond acceptors (Lipinski definition) is 3. The van der Waals surface area contributed by atoms with Gasteiger partial charge in [0, 0.05) is 19.0 Å². The van der Waals surface area contributed by atoms with Gasteiger partial charge in [-0.05, 0) is 30.4 Å². The molecule has 8 heteroatoms. The van der Waals surface area contributed by atoms with Gasteiger partial charge in [0.1, 0.15) is 0 Å². The van der Waals surface area contributed by atoms with Crippen molar-refractivity contribution in [3.05, 3.63) is 35.4 Å². The minimum absolute atomic E-state index is 0.0348. The van der Waals surface area contributed by atoms with Crippen LogP contribution in [-0.2, 0) is 11.0 Å². The number of hydrogen-bond donors (Lipinski definition) is 3. The molecule has 1 aliphatic carbocycles. The van der Waals surface area contributed by atoms with Crippen molar-refractivity contribution in [2.75, 3.05) is 6.54 Å². The van der Waals surface area contributed by atoms with Crippen molar-refractivity contribution in [2.24, 2.45) is 5.73 Å².